The summed E-state index contributed by atoms with van der Waals surface area (Å²) in [4.78, 5) is 25.5. The highest BCUT2D eigenvalue weighted by Gasteiger charge is 2.19. The first-order valence-electron chi connectivity index (χ1n) is 7.79. The van der Waals surface area contributed by atoms with E-state index >= 15 is 0 Å². The molecule has 0 saturated heterocycles. The molecular weight excluding hydrogens is 316 g/mol. The minimum Gasteiger partial charge on any atom is -0.507 e. The van der Waals surface area contributed by atoms with E-state index in [1.807, 2.05) is 31.2 Å². The van der Waals surface area contributed by atoms with E-state index in [-0.39, 0.29) is 23.8 Å². The summed E-state index contributed by atoms with van der Waals surface area (Å²) in [5.74, 6) is 1.65. The van der Waals surface area contributed by atoms with Crippen LogP contribution in [0.25, 0.3) is 0 Å². The number of phenols is 1. The Bertz CT molecular complexity index is 820. The lowest BCUT2D eigenvalue weighted by Gasteiger charge is -2.21. The molecule has 0 spiro atoms. The molecule has 0 aliphatic carbocycles. The lowest BCUT2D eigenvalue weighted by atomic mass is 10.1. The van der Waals surface area contributed by atoms with Crippen LogP contribution in [0.5, 0.6) is 5.75 Å². The summed E-state index contributed by atoms with van der Waals surface area (Å²) in [6.45, 7) is 3.79. The van der Waals surface area contributed by atoms with Crippen molar-refractivity contribution in [3.05, 3.63) is 59.2 Å². The number of benzene rings is 2. The van der Waals surface area contributed by atoms with Crippen LogP contribution in [0.2, 0.25) is 0 Å². The van der Waals surface area contributed by atoms with Gasteiger partial charge in [-0.2, -0.15) is 0 Å². The van der Waals surface area contributed by atoms with Crippen LogP contribution in [0.4, 0.5) is 5.69 Å². The molecule has 0 atom stereocenters. The van der Waals surface area contributed by atoms with Gasteiger partial charge < -0.3 is 15.3 Å². The van der Waals surface area contributed by atoms with E-state index in [2.05, 4.69) is 11.2 Å². The summed E-state index contributed by atoms with van der Waals surface area (Å²) in [7, 11) is 0. The van der Waals surface area contributed by atoms with Gasteiger partial charge in [-0.15, -0.1) is 6.42 Å². The molecule has 0 fully saturated rings. The quantitative estimate of drug-likeness (QED) is 0.651. The Morgan fingerprint density at radius 2 is 1.88 bits per heavy atom. The molecule has 128 valence electrons. The van der Waals surface area contributed by atoms with E-state index in [1.165, 1.54) is 30.0 Å². The predicted octanol–water partition coefficient (Wildman–Crippen LogP) is 2.93. The molecule has 5 heteroatoms. The molecule has 0 radical (unpaired) electrons. The van der Waals surface area contributed by atoms with Crippen molar-refractivity contribution in [3.63, 3.8) is 0 Å². The number of rotatable bonds is 5. The van der Waals surface area contributed by atoms with Crippen LogP contribution >= 0.6 is 0 Å². The highest BCUT2D eigenvalue weighted by atomic mass is 16.3. The van der Waals surface area contributed by atoms with Crippen LogP contribution in [-0.2, 0) is 11.3 Å². The van der Waals surface area contributed by atoms with Crippen molar-refractivity contribution >= 4 is 17.5 Å². The van der Waals surface area contributed by atoms with Gasteiger partial charge in [-0.3, -0.25) is 9.59 Å². The van der Waals surface area contributed by atoms with Gasteiger partial charge in [-0.05, 0) is 30.7 Å². The molecule has 2 N–H and O–H groups in total. The minimum atomic E-state index is -0.400. The number of nitrogens with zero attached hydrogens (tertiary/aromatic N) is 1. The van der Waals surface area contributed by atoms with E-state index in [9.17, 15) is 14.7 Å². The fourth-order valence-electron chi connectivity index (χ4n) is 2.38. The van der Waals surface area contributed by atoms with Crippen molar-refractivity contribution in [2.45, 2.75) is 20.4 Å². The summed E-state index contributed by atoms with van der Waals surface area (Å²) in [6.07, 6.45) is 5.39. The average molecular weight is 336 g/mol. The zero-order valence-electron chi connectivity index (χ0n) is 14.2. The van der Waals surface area contributed by atoms with Crippen LogP contribution in [0.15, 0.2) is 42.5 Å². The van der Waals surface area contributed by atoms with E-state index in [1.54, 1.807) is 0 Å². The van der Waals surface area contributed by atoms with E-state index in [0.717, 1.165) is 11.1 Å². The Morgan fingerprint density at radius 1 is 1.20 bits per heavy atom. The van der Waals surface area contributed by atoms with Crippen molar-refractivity contribution in [1.29, 1.82) is 0 Å². The minimum absolute atomic E-state index is 0.0913. The number of hydrogen-bond acceptors (Lipinski definition) is 3. The highest BCUT2D eigenvalue weighted by molar-refractivity contribution is 5.99. The Morgan fingerprint density at radius 3 is 2.48 bits per heavy atom. The van der Waals surface area contributed by atoms with Crippen molar-refractivity contribution in [3.8, 4) is 18.1 Å². The van der Waals surface area contributed by atoms with Gasteiger partial charge in [0.1, 0.15) is 5.75 Å². The Kier molecular flexibility index (Phi) is 5.80. The molecule has 2 aromatic rings. The maximum absolute atomic E-state index is 12.8. The van der Waals surface area contributed by atoms with Gasteiger partial charge in [-0.25, -0.2) is 0 Å². The number of phenolic OH excluding ortho intramolecular Hbond substituents is 1. The maximum atomic E-state index is 12.8. The van der Waals surface area contributed by atoms with Gasteiger partial charge in [-0.1, -0.05) is 35.7 Å². The fourth-order valence-corrected chi connectivity index (χ4v) is 2.38. The third-order valence-corrected chi connectivity index (χ3v) is 3.61. The number of aryl methyl sites for hydroxylation is 1. The zero-order chi connectivity index (χ0) is 18.4. The summed E-state index contributed by atoms with van der Waals surface area (Å²) in [5.41, 5.74) is 2.59. The molecular formula is C20H20N2O3. The number of amides is 2. The highest BCUT2D eigenvalue weighted by Crippen LogP contribution is 2.24. The molecule has 0 bridgehead atoms. The SMILES string of the molecule is C#CCN(Cc1ccc(C)cc1)C(=O)c1cc(NC(C)=O)ccc1O. The summed E-state index contributed by atoms with van der Waals surface area (Å²) in [6, 6.07) is 12.1. The van der Waals surface area contributed by atoms with Crippen LogP contribution in [0.1, 0.15) is 28.4 Å². The van der Waals surface area contributed by atoms with Crippen LogP contribution in [0, 0.1) is 19.3 Å². The van der Waals surface area contributed by atoms with Crippen molar-refractivity contribution in [2.24, 2.45) is 0 Å². The molecule has 0 aliphatic heterocycles. The second kappa shape index (κ2) is 8.02. The largest absolute Gasteiger partial charge is 0.507 e. The molecule has 2 rings (SSSR count). The third-order valence-electron chi connectivity index (χ3n) is 3.61. The lowest BCUT2D eigenvalue weighted by Crippen LogP contribution is -2.31. The maximum Gasteiger partial charge on any atom is 0.258 e. The van der Waals surface area contributed by atoms with E-state index < -0.39 is 5.91 Å². The van der Waals surface area contributed by atoms with E-state index in [4.69, 9.17) is 6.42 Å². The standard InChI is InChI=1S/C20H20N2O3/c1-4-11-22(13-16-7-5-14(2)6-8-16)20(25)18-12-17(21-15(3)23)9-10-19(18)24/h1,5-10,12,24H,11,13H2,2-3H3,(H,21,23). The smallest absolute Gasteiger partial charge is 0.258 e. The summed E-state index contributed by atoms with van der Waals surface area (Å²) >= 11 is 0. The Hall–Kier alpha value is -3.26. The van der Waals surface area contributed by atoms with Gasteiger partial charge in [0.05, 0.1) is 12.1 Å². The lowest BCUT2D eigenvalue weighted by molar-refractivity contribution is -0.114. The molecule has 0 heterocycles. The van der Waals surface area contributed by atoms with Gasteiger partial charge in [0, 0.05) is 19.2 Å². The van der Waals surface area contributed by atoms with Crippen LogP contribution < -0.4 is 5.32 Å². The number of hydrogen-bond donors (Lipinski definition) is 2. The number of carbonyl (C=O) groups excluding carboxylic acids is 2. The number of anilines is 1. The summed E-state index contributed by atoms with van der Waals surface area (Å²) in [5, 5.41) is 12.6. The van der Waals surface area contributed by atoms with Crippen LogP contribution in [-0.4, -0.2) is 28.4 Å². The molecule has 0 aliphatic rings. The second-order valence-corrected chi connectivity index (χ2v) is 5.76. The predicted molar refractivity (Wildman–Crippen MR) is 97.2 cm³/mol. The Labute approximate surface area is 147 Å². The molecule has 2 amide bonds. The van der Waals surface area contributed by atoms with Crippen LogP contribution in [0.3, 0.4) is 0 Å². The number of aromatic hydroxyl groups is 1. The first kappa shape index (κ1) is 18.1. The fraction of sp³-hybridized carbons (Fsp3) is 0.200. The van der Waals surface area contributed by atoms with Gasteiger partial charge in [0.2, 0.25) is 5.91 Å². The van der Waals surface area contributed by atoms with Crippen molar-refractivity contribution in [2.75, 3.05) is 11.9 Å². The summed E-state index contributed by atoms with van der Waals surface area (Å²) < 4.78 is 0. The van der Waals surface area contributed by atoms with E-state index in [0.29, 0.717) is 12.2 Å². The zero-order valence-corrected chi connectivity index (χ0v) is 14.2. The number of carbonyl (C=O) groups is 2. The Balaban J connectivity index is 2.29. The molecule has 0 saturated carbocycles. The normalized spacial score (nSPS) is 9.96. The number of terminal acetylenes is 1. The second-order valence-electron chi connectivity index (χ2n) is 5.76. The number of nitrogens with one attached hydrogen (secondary N) is 1. The van der Waals surface area contributed by atoms with Gasteiger partial charge in [0.15, 0.2) is 0 Å². The first-order chi connectivity index (χ1) is 11.9. The van der Waals surface area contributed by atoms with Crippen molar-refractivity contribution < 1.29 is 14.7 Å². The molecule has 2 aromatic carbocycles. The average Bonchev–Trinajstić information content (AvgIpc) is 2.57. The van der Waals surface area contributed by atoms with Gasteiger partial charge in [0.25, 0.3) is 5.91 Å². The third kappa shape index (κ3) is 4.85. The topological polar surface area (TPSA) is 69.6 Å². The molecule has 0 aromatic heterocycles. The monoisotopic (exact) mass is 336 g/mol. The molecule has 0 unspecified atom stereocenters. The first-order valence-corrected chi connectivity index (χ1v) is 7.79. The van der Waals surface area contributed by atoms with Crippen molar-refractivity contribution in [1.82, 2.24) is 4.90 Å². The van der Waals surface area contributed by atoms with Gasteiger partial charge >= 0.3 is 0 Å². The molecule has 25 heavy (non-hydrogen) atoms. The molecule has 5 nitrogen and oxygen atoms in total.